The predicted molar refractivity (Wildman–Crippen MR) is 114 cm³/mol. The Kier molecular flexibility index (Phi) is 6.12. The SMILES string of the molecule is O=C(NCc1ccncc1)c1ccc(N2CCN(Cc3ccccc3)CC2)cn1. The van der Waals surface area contributed by atoms with Gasteiger partial charge in [0.25, 0.3) is 5.91 Å². The molecular formula is C23H25N5O. The van der Waals surface area contributed by atoms with Crippen molar-refractivity contribution in [3.8, 4) is 0 Å². The second kappa shape index (κ2) is 9.30. The quantitative estimate of drug-likeness (QED) is 0.705. The van der Waals surface area contributed by atoms with Gasteiger partial charge in [-0.15, -0.1) is 0 Å². The minimum Gasteiger partial charge on any atom is -0.368 e. The zero-order chi connectivity index (χ0) is 19.9. The van der Waals surface area contributed by atoms with Crippen LogP contribution < -0.4 is 10.2 Å². The fourth-order valence-corrected chi connectivity index (χ4v) is 3.49. The van der Waals surface area contributed by atoms with Gasteiger partial charge in [-0.05, 0) is 35.4 Å². The van der Waals surface area contributed by atoms with Crippen LogP contribution in [0, 0.1) is 0 Å². The van der Waals surface area contributed by atoms with Crippen molar-refractivity contribution < 1.29 is 4.79 Å². The number of nitrogens with one attached hydrogen (secondary N) is 1. The molecule has 0 unspecified atom stereocenters. The summed E-state index contributed by atoms with van der Waals surface area (Å²) in [6, 6.07) is 18.1. The third-order valence-electron chi connectivity index (χ3n) is 5.17. The Balaban J connectivity index is 1.27. The van der Waals surface area contributed by atoms with Crippen molar-refractivity contribution in [2.75, 3.05) is 31.1 Å². The van der Waals surface area contributed by atoms with E-state index in [4.69, 9.17) is 0 Å². The van der Waals surface area contributed by atoms with Gasteiger partial charge in [-0.2, -0.15) is 0 Å². The van der Waals surface area contributed by atoms with E-state index in [0.29, 0.717) is 12.2 Å². The van der Waals surface area contributed by atoms with E-state index in [9.17, 15) is 4.79 Å². The molecule has 0 aliphatic carbocycles. The number of anilines is 1. The number of nitrogens with zero attached hydrogens (tertiary/aromatic N) is 4. The van der Waals surface area contributed by atoms with Crippen LogP contribution in [-0.2, 0) is 13.1 Å². The van der Waals surface area contributed by atoms with Gasteiger partial charge < -0.3 is 10.2 Å². The minimum atomic E-state index is -0.166. The van der Waals surface area contributed by atoms with Gasteiger partial charge in [0.2, 0.25) is 0 Å². The van der Waals surface area contributed by atoms with Crippen molar-refractivity contribution in [1.82, 2.24) is 20.2 Å². The number of hydrogen-bond acceptors (Lipinski definition) is 5. The first-order valence-electron chi connectivity index (χ1n) is 9.92. The fraction of sp³-hybridized carbons (Fsp3) is 0.261. The van der Waals surface area contributed by atoms with Crippen molar-refractivity contribution in [2.45, 2.75) is 13.1 Å². The van der Waals surface area contributed by atoms with Crippen LogP contribution in [0.3, 0.4) is 0 Å². The first-order valence-corrected chi connectivity index (χ1v) is 9.92. The van der Waals surface area contributed by atoms with E-state index in [1.54, 1.807) is 24.7 Å². The highest BCUT2D eigenvalue weighted by Crippen LogP contribution is 2.17. The molecule has 0 saturated carbocycles. The van der Waals surface area contributed by atoms with E-state index in [1.807, 2.05) is 18.2 Å². The molecule has 3 aromatic rings. The Bertz CT molecular complexity index is 907. The van der Waals surface area contributed by atoms with E-state index >= 15 is 0 Å². The summed E-state index contributed by atoms with van der Waals surface area (Å²) in [4.78, 5) is 25.5. The number of aromatic nitrogens is 2. The molecule has 1 aliphatic heterocycles. The van der Waals surface area contributed by atoms with E-state index in [1.165, 1.54) is 5.56 Å². The monoisotopic (exact) mass is 387 g/mol. The highest BCUT2D eigenvalue weighted by atomic mass is 16.1. The summed E-state index contributed by atoms with van der Waals surface area (Å²) in [5, 5.41) is 2.89. The number of rotatable bonds is 6. The lowest BCUT2D eigenvalue weighted by Crippen LogP contribution is -2.46. The van der Waals surface area contributed by atoms with Crippen LogP contribution >= 0.6 is 0 Å². The van der Waals surface area contributed by atoms with Gasteiger partial charge in [-0.1, -0.05) is 30.3 Å². The molecule has 1 fully saturated rings. The van der Waals surface area contributed by atoms with Gasteiger partial charge in [0.15, 0.2) is 0 Å². The maximum Gasteiger partial charge on any atom is 0.270 e. The Hall–Kier alpha value is -3.25. The number of piperazine rings is 1. The first-order chi connectivity index (χ1) is 14.3. The van der Waals surface area contributed by atoms with Gasteiger partial charge in [0, 0.05) is 51.7 Å². The van der Waals surface area contributed by atoms with Crippen molar-refractivity contribution >= 4 is 11.6 Å². The average molecular weight is 387 g/mol. The van der Waals surface area contributed by atoms with Crippen LogP contribution in [0.2, 0.25) is 0 Å². The summed E-state index contributed by atoms with van der Waals surface area (Å²) in [7, 11) is 0. The highest BCUT2D eigenvalue weighted by molar-refractivity contribution is 5.92. The van der Waals surface area contributed by atoms with Crippen molar-refractivity contribution in [1.29, 1.82) is 0 Å². The van der Waals surface area contributed by atoms with Crippen LogP contribution in [0.4, 0.5) is 5.69 Å². The van der Waals surface area contributed by atoms with E-state index in [2.05, 4.69) is 55.4 Å². The fourth-order valence-electron chi connectivity index (χ4n) is 3.49. The maximum atomic E-state index is 12.3. The Morgan fingerprint density at radius 3 is 2.34 bits per heavy atom. The zero-order valence-electron chi connectivity index (χ0n) is 16.4. The maximum absolute atomic E-state index is 12.3. The number of carbonyl (C=O) groups is 1. The third kappa shape index (κ3) is 5.18. The second-order valence-electron chi connectivity index (χ2n) is 7.19. The topological polar surface area (TPSA) is 61.4 Å². The number of hydrogen-bond donors (Lipinski definition) is 1. The third-order valence-corrected chi connectivity index (χ3v) is 5.17. The van der Waals surface area contributed by atoms with Crippen molar-refractivity contribution in [2.24, 2.45) is 0 Å². The molecule has 1 aromatic carbocycles. The molecule has 1 aliphatic rings. The van der Waals surface area contributed by atoms with E-state index in [0.717, 1.165) is 44.0 Å². The molecule has 1 amide bonds. The highest BCUT2D eigenvalue weighted by Gasteiger charge is 2.18. The largest absolute Gasteiger partial charge is 0.368 e. The average Bonchev–Trinajstić information content (AvgIpc) is 2.79. The number of benzene rings is 1. The summed E-state index contributed by atoms with van der Waals surface area (Å²) in [6.45, 7) is 5.41. The predicted octanol–water partition coefficient (Wildman–Crippen LogP) is 2.73. The number of pyridine rings is 2. The van der Waals surface area contributed by atoms with Gasteiger partial charge >= 0.3 is 0 Å². The molecule has 4 rings (SSSR count). The minimum absolute atomic E-state index is 0.166. The van der Waals surface area contributed by atoms with Gasteiger partial charge in [-0.25, -0.2) is 4.98 Å². The molecular weight excluding hydrogens is 362 g/mol. The molecule has 0 radical (unpaired) electrons. The lowest BCUT2D eigenvalue weighted by atomic mass is 10.2. The van der Waals surface area contributed by atoms with Crippen molar-refractivity contribution in [3.63, 3.8) is 0 Å². The van der Waals surface area contributed by atoms with Crippen LogP contribution in [0.1, 0.15) is 21.6 Å². The molecule has 148 valence electrons. The zero-order valence-corrected chi connectivity index (χ0v) is 16.4. The molecule has 1 saturated heterocycles. The molecule has 29 heavy (non-hydrogen) atoms. The molecule has 6 heteroatoms. The van der Waals surface area contributed by atoms with E-state index < -0.39 is 0 Å². The molecule has 3 heterocycles. The Morgan fingerprint density at radius 2 is 1.66 bits per heavy atom. The van der Waals surface area contributed by atoms with Crippen molar-refractivity contribution in [3.05, 3.63) is 90.0 Å². The summed E-state index contributed by atoms with van der Waals surface area (Å²) in [5.41, 5.74) is 3.86. The molecule has 1 N–H and O–H groups in total. The molecule has 0 spiro atoms. The Labute approximate surface area is 171 Å². The first kappa shape index (κ1) is 19.1. The molecule has 0 bridgehead atoms. The standard InChI is InChI=1S/C23H25N5O/c29-23(26-16-19-8-10-24-11-9-19)22-7-6-21(17-25-22)28-14-12-27(13-15-28)18-20-4-2-1-3-5-20/h1-11,17H,12-16,18H2,(H,26,29). The summed E-state index contributed by atoms with van der Waals surface area (Å²) in [6.07, 6.45) is 5.23. The smallest absolute Gasteiger partial charge is 0.270 e. The second-order valence-corrected chi connectivity index (χ2v) is 7.19. The summed E-state index contributed by atoms with van der Waals surface area (Å²) < 4.78 is 0. The van der Waals surface area contributed by atoms with Gasteiger partial charge in [0.1, 0.15) is 5.69 Å². The number of amides is 1. The lowest BCUT2D eigenvalue weighted by molar-refractivity contribution is 0.0946. The summed E-state index contributed by atoms with van der Waals surface area (Å²) >= 11 is 0. The molecule has 0 atom stereocenters. The van der Waals surface area contributed by atoms with Crippen LogP contribution in [0.15, 0.2) is 73.2 Å². The molecule has 6 nitrogen and oxygen atoms in total. The number of carbonyl (C=O) groups excluding carboxylic acids is 1. The van der Waals surface area contributed by atoms with Gasteiger partial charge in [0.05, 0.1) is 11.9 Å². The van der Waals surface area contributed by atoms with Gasteiger partial charge in [-0.3, -0.25) is 14.7 Å². The lowest BCUT2D eigenvalue weighted by Gasteiger charge is -2.36. The van der Waals surface area contributed by atoms with Crippen LogP contribution in [-0.4, -0.2) is 47.0 Å². The van der Waals surface area contributed by atoms with E-state index in [-0.39, 0.29) is 5.91 Å². The Morgan fingerprint density at radius 1 is 0.897 bits per heavy atom. The van der Waals surface area contributed by atoms with Crippen LogP contribution in [0.25, 0.3) is 0 Å². The molecule has 2 aromatic heterocycles. The van der Waals surface area contributed by atoms with Crippen LogP contribution in [0.5, 0.6) is 0 Å². The normalized spacial score (nSPS) is 14.6. The summed E-state index contributed by atoms with van der Waals surface area (Å²) in [5.74, 6) is -0.166.